The van der Waals surface area contributed by atoms with Crippen molar-refractivity contribution in [2.45, 2.75) is 0 Å². The van der Waals surface area contributed by atoms with E-state index in [-0.39, 0.29) is 0 Å². The Balaban J connectivity index is 2.70. The Bertz CT molecular complexity index is 414. The van der Waals surface area contributed by atoms with Crippen LogP contribution < -0.4 is 5.84 Å². The molecule has 2 aromatic rings. The van der Waals surface area contributed by atoms with Crippen LogP contribution in [0.25, 0.3) is 10.9 Å². The van der Waals surface area contributed by atoms with E-state index in [4.69, 9.17) is 5.84 Å². The summed E-state index contributed by atoms with van der Waals surface area (Å²) in [6.07, 6.45) is 3.53. The summed E-state index contributed by atoms with van der Waals surface area (Å²) in [6.45, 7) is 0. The van der Waals surface area contributed by atoms with Crippen LogP contribution in [-0.4, -0.2) is 11.2 Å². The van der Waals surface area contributed by atoms with E-state index in [0.717, 1.165) is 16.5 Å². The predicted octanol–water partition coefficient (Wildman–Crippen LogP) is 1.46. The molecule has 2 rings (SSSR count). The van der Waals surface area contributed by atoms with E-state index in [2.05, 4.69) is 10.1 Å². The molecule has 0 fully saturated rings. The lowest BCUT2D eigenvalue weighted by Crippen LogP contribution is -1.83. The van der Waals surface area contributed by atoms with Crippen molar-refractivity contribution in [2.24, 2.45) is 10.9 Å². The van der Waals surface area contributed by atoms with Gasteiger partial charge in [0.2, 0.25) is 0 Å². The summed E-state index contributed by atoms with van der Waals surface area (Å²) in [6, 6.07) is 8.03. The minimum Gasteiger partial charge on any atom is -0.361 e. The van der Waals surface area contributed by atoms with E-state index in [0.29, 0.717) is 0 Å². The van der Waals surface area contributed by atoms with Crippen molar-refractivity contribution < 1.29 is 0 Å². The van der Waals surface area contributed by atoms with Gasteiger partial charge in [0.05, 0.1) is 6.21 Å². The van der Waals surface area contributed by atoms with Crippen LogP contribution >= 0.6 is 0 Å². The molecule has 1 heterocycles. The summed E-state index contributed by atoms with van der Waals surface area (Å²) in [5.74, 6) is 5.07. The maximum atomic E-state index is 5.07. The lowest BCUT2D eigenvalue weighted by molar-refractivity contribution is 1.26. The molecule has 0 aliphatic rings. The molecule has 0 saturated carbocycles. The lowest BCUT2D eigenvalue weighted by atomic mass is 10.2. The normalized spacial score (nSPS) is 11.3. The minimum atomic E-state index is 1.02. The highest BCUT2D eigenvalue weighted by molar-refractivity contribution is 5.98. The Kier molecular flexibility index (Phi) is 1.55. The van der Waals surface area contributed by atoms with Crippen LogP contribution in [0.4, 0.5) is 0 Å². The predicted molar refractivity (Wildman–Crippen MR) is 50.1 cm³/mol. The Morgan fingerprint density at radius 2 is 2.17 bits per heavy atom. The molecule has 1 aromatic carbocycles. The second kappa shape index (κ2) is 2.70. The summed E-state index contributed by atoms with van der Waals surface area (Å²) < 4.78 is 0. The third-order valence-electron chi connectivity index (χ3n) is 1.83. The maximum Gasteiger partial charge on any atom is 0.0559 e. The topological polar surface area (TPSA) is 54.2 Å². The Morgan fingerprint density at radius 3 is 3.00 bits per heavy atom. The van der Waals surface area contributed by atoms with E-state index >= 15 is 0 Å². The highest BCUT2D eigenvalue weighted by Crippen LogP contribution is 2.15. The number of rotatable bonds is 1. The summed E-state index contributed by atoms with van der Waals surface area (Å²) in [7, 11) is 0. The molecule has 3 N–H and O–H groups in total. The number of nitrogens with one attached hydrogen (secondary N) is 1. The molecule has 0 atom stereocenters. The van der Waals surface area contributed by atoms with E-state index in [1.54, 1.807) is 6.21 Å². The molecule has 3 nitrogen and oxygen atoms in total. The van der Waals surface area contributed by atoms with Crippen molar-refractivity contribution in [1.82, 2.24) is 4.98 Å². The Hall–Kier alpha value is -1.77. The fourth-order valence-electron chi connectivity index (χ4n) is 1.28. The molecule has 0 saturated heterocycles. The fraction of sp³-hybridized carbons (Fsp3) is 0. The van der Waals surface area contributed by atoms with Gasteiger partial charge in [0.1, 0.15) is 0 Å². The molecule has 0 aliphatic heterocycles. The standard InChI is InChI=1S/C9H9N3/c10-12-6-7-5-11-9-4-2-1-3-8(7)9/h1-6,11H,10H2/b12-6+. The van der Waals surface area contributed by atoms with Crippen LogP contribution in [0.2, 0.25) is 0 Å². The monoisotopic (exact) mass is 159 g/mol. The quantitative estimate of drug-likeness (QED) is 0.369. The lowest BCUT2D eigenvalue weighted by Gasteiger charge is -1.88. The number of nitrogens with zero attached hydrogens (tertiary/aromatic N) is 1. The van der Waals surface area contributed by atoms with Crippen LogP contribution in [0, 0.1) is 0 Å². The van der Waals surface area contributed by atoms with Gasteiger partial charge >= 0.3 is 0 Å². The molecule has 0 radical (unpaired) electrons. The zero-order valence-electron chi connectivity index (χ0n) is 6.49. The Morgan fingerprint density at radius 1 is 1.33 bits per heavy atom. The molecule has 0 unspecified atom stereocenters. The number of aromatic amines is 1. The third kappa shape index (κ3) is 0.955. The summed E-state index contributed by atoms with van der Waals surface area (Å²) >= 11 is 0. The maximum absolute atomic E-state index is 5.07. The van der Waals surface area contributed by atoms with E-state index in [1.807, 2.05) is 30.5 Å². The summed E-state index contributed by atoms with van der Waals surface area (Å²) in [4.78, 5) is 3.13. The van der Waals surface area contributed by atoms with Crippen LogP contribution in [0.3, 0.4) is 0 Å². The van der Waals surface area contributed by atoms with Gasteiger partial charge in [-0.2, -0.15) is 5.10 Å². The number of para-hydroxylation sites is 1. The molecule has 12 heavy (non-hydrogen) atoms. The number of H-pyrrole nitrogens is 1. The van der Waals surface area contributed by atoms with Crippen molar-refractivity contribution in [1.29, 1.82) is 0 Å². The minimum absolute atomic E-state index is 1.02. The molecule has 1 aromatic heterocycles. The summed E-state index contributed by atoms with van der Waals surface area (Å²) in [5.41, 5.74) is 2.13. The first kappa shape index (κ1) is 6.91. The van der Waals surface area contributed by atoms with Gasteiger partial charge in [-0.05, 0) is 6.07 Å². The average molecular weight is 159 g/mol. The summed E-state index contributed by atoms with van der Waals surface area (Å²) in [5, 5.41) is 4.63. The van der Waals surface area contributed by atoms with Gasteiger partial charge in [0.25, 0.3) is 0 Å². The third-order valence-corrected chi connectivity index (χ3v) is 1.83. The van der Waals surface area contributed by atoms with Gasteiger partial charge in [-0.3, -0.25) is 0 Å². The fourth-order valence-corrected chi connectivity index (χ4v) is 1.28. The second-order valence-electron chi connectivity index (χ2n) is 2.57. The number of aromatic nitrogens is 1. The van der Waals surface area contributed by atoms with Gasteiger partial charge in [-0.1, -0.05) is 18.2 Å². The molecule has 0 bridgehead atoms. The first-order chi connectivity index (χ1) is 5.92. The van der Waals surface area contributed by atoms with Crippen molar-refractivity contribution in [2.75, 3.05) is 0 Å². The number of hydrogen-bond donors (Lipinski definition) is 2. The molecule has 0 spiro atoms. The first-order valence-corrected chi connectivity index (χ1v) is 3.71. The molecule has 3 heteroatoms. The number of hydrazone groups is 1. The average Bonchev–Trinajstić information content (AvgIpc) is 2.50. The van der Waals surface area contributed by atoms with Crippen LogP contribution in [-0.2, 0) is 0 Å². The molecular weight excluding hydrogens is 150 g/mol. The van der Waals surface area contributed by atoms with E-state index in [9.17, 15) is 0 Å². The van der Waals surface area contributed by atoms with Gasteiger partial charge in [0.15, 0.2) is 0 Å². The van der Waals surface area contributed by atoms with Gasteiger partial charge in [0, 0.05) is 22.7 Å². The molecule has 60 valence electrons. The number of hydrogen-bond acceptors (Lipinski definition) is 2. The SMILES string of the molecule is N/N=C/c1c[nH]c2ccccc12. The van der Waals surface area contributed by atoms with E-state index < -0.39 is 0 Å². The highest BCUT2D eigenvalue weighted by atomic mass is 15.1. The van der Waals surface area contributed by atoms with E-state index in [1.165, 1.54) is 0 Å². The zero-order valence-corrected chi connectivity index (χ0v) is 6.49. The van der Waals surface area contributed by atoms with Crippen LogP contribution in [0.15, 0.2) is 35.6 Å². The molecular formula is C9H9N3. The number of fused-ring (bicyclic) bond motifs is 1. The second-order valence-corrected chi connectivity index (χ2v) is 2.57. The number of nitrogens with two attached hydrogens (primary N) is 1. The van der Waals surface area contributed by atoms with Crippen molar-refractivity contribution in [3.05, 3.63) is 36.0 Å². The van der Waals surface area contributed by atoms with Crippen molar-refractivity contribution in [3.8, 4) is 0 Å². The van der Waals surface area contributed by atoms with Crippen molar-refractivity contribution >= 4 is 17.1 Å². The van der Waals surface area contributed by atoms with Gasteiger partial charge in [-0.25, -0.2) is 0 Å². The van der Waals surface area contributed by atoms with Crippen molar-refractivity contribution in [3.63, 3.8) is 0 Å². The van der Waals surface area contributed by atoms with Gasteiger partial charge in [-0.15, -0.1) is 0 Å². The highest BCUT2D eigenvalue weighted by Gasteiger charge is 1.98. The number of benzene rings is 1. The smallest absolute Gasteiger partial charge is 0.0559 e. The zero-order chi connectivity index (χ0) is 8.39. The van der Waals surface area contributed by atoms with Crippen LogP contribution in [0.1, 0.15) is 5.56 Å². The molecule has 0 aliphatic carbocycles. The Labute approximate surface area is 69.9 Å². The van der Waals surface area contributed by atoms with Gasteiger partial charge < -0.3 is 10.8 Å². The van der Waals surface area contributed by atoms with Crippen LogP contribution in [0.5, 0.6) is 0 Å². The molecule has 0 amide bonds. The first-order valence-electron chi connectivity index (χ1n) is 3.71. The largest absolute Gasteiger partial charge is 0.361 e.